The molecule has 3 rings (SSSR count). The van der Waals surface area contributed by atoms with Crippen LogP contribution in [0.1, 0.15) is 29.4 Å². The summed E-state index contributed by atoms with van der Waals surface area (Å²) in [6.07, 6.45) is 0.531. The van der Waals surface area contributed by atoms with Crippen molar-refractivity contribution in [1.29, 1.82) is 0 Å². The van der Waals surface area contributed by atoms with E-state index in [1.807, 2.05) is 42.5 Å². The fraction of sp³-hybridized carbons (Fsp3) is 0.235. The summed E-state index contributed by atoms with van der Waals surface area (Å²) in [5.74, 6) is 0.656. The lowest BCUT2D eigenvalue weighted by Crippen LogP contribution is -2.38. The largest absolute Gasteiger partial charge is 0.399 e. The molecule has 2 atom stereocenters. The zero-order valence-electron chi connectivity index (χ0n) is 11.3. The Labute approximate surface area is 118 Å². The summed E-state index contributed by atoms with van der Waals surface area (Å²) in [4.78, 5) is 11.8. The maximum atomic E-state index is 11.8. The van der Waals surface area contributed by atoms with E-state index in [2.05, 4.69) is 17.4 Å². The van der Waals surface area contributed by atoms with E-state index in [1.54, 1.807) is 0 Å². The number of rotatable bonds is 2. The van der Waals surface area contributed by atoms with Crippen LogP contribution in [0, 0.1) is 0 Å². The Kier molecular flexibility index (Phi) is 3.42. The number of anilines is 1. The van der Waals surface area contributed by atoms with Gasteiger partial charge in [0.2, 0.25) is 5.91 Å². The lowest BCUT2D eigenvalue weighted by Gasteiger charge is -2.32. The minimum absolute atomic E-state index is 0.124. The lowest BCUT2D eigenvalue weighted by molar-refractivity contribution is -0.122. The molecule has 3 heteroatoms. The zero-order chi connectivity index (χ0) is 13.9. The number of carbonyl (C=O) groups excluding carboxylic acids is 1. The first-order chi connectivity index (χ1) is 9.74. The molecule has 1 heterocycles. The molecule has 102 valence electrons. The molecule has 0 saturated carbocycles. The van der Waals surface area contributed by atoms with E-state index < -0.39 is 0 Å². The number of benzene rings is 2. The van der Waals surface area contributed by atoms with E-state index in [9.17, 15) is 4.79 Å². The average Bonchev–Trinajstić information content (AvgIpc) is 2.49. The summed E-state index contributed by atoms with van der Waals surface area (Å²) in [5.41, 5.74) is 8.96. The van der Waals surface area contributed by atoms with Crippen molar-refractivity contribution in [3.05, 3.63) is 65.7 Å². The van der Waals surface area contributed by atoms with Crippen LogP contribution in [0.15, 0.2) is 54.6 Å². The van der Waals surface area contributed by atoms with Crippen LogP contribution in [0.3, 0.4) is 0 Å². The molecule has 0 aromatic heterocycles. The van der Waals surface area contributed by atoms with Crippen LogP contribution in [-0.2, 0) is 4.79 Å². The highest BCUT2D eigenvalue weighted by atomic mass is 16.1. The molecule has 1 amide bonds. The van der Waals surface area contributed by atoms with Crippen molar-refractivity contribution in [2.45, 2.75) is 18.3 Å². The highest BCUT2D eigenvalue weighted by Crippen LogP contribution is 2.37. The van der Waals surface area contributed by atoms with Crippen LogP contribution in [0.25, 0.3) is 0 Å². The van der Waals surface area contributed by atoms with E-state index >= 15 is 0 Å². The molecule has 1 fully saturated rings. The van der Waals surface area contributed by atoms with Crippen molar-refractivity contribution in [2.24, 2.45) is 0 Å². The molecule has 20 heavy (non-hydrogen) atoms. The van der Waals surface area contributed by atoms with Gasteiger partial charge in [-0.25, -0.2) is 0 Å². The van der Waals surface area contributed by atoms with Gasteiger partial charge >= 0.3 is 0 Å². The highest BCUT2D eigenvalue weighted by Gasteiger charge is 2.31. The molecule has 3 N–H and O–H groups in total. The Morgan fingerprint density at radius 1 is 0.900 bits per heavy atom. The molecule has 1 aliphatic rings. The molecule has 2 aromatic carbocycles. The number of nitrogens with two attached hydrogens (primary N) is 1. The molecule has 0 radical (unpaired) electrons. The minimum atomic E-state index is 0.124. The van der Waals surface area contributed by atoms with Gasteiger partial charge in [0, 0.05) is 30.5 Å². The molecule has 0 aliphatic carbocycles. The van der Waals surface area contributed by atoms with Crippen molar-refractivity contribution in [2.75, 3.05) is 12.3 Å². The molecular formula is C17H18N2O. The van der Waals surface area contributed by atoms with Gasteiger partial charge in [0.05, 0.1) is 0 Å². The lowest BCUT2D eigenvalue weighted by atomic mass is 9.77. The summed E-state index contributed by atoms with van der Waals surface area (Å²) in [7, 11) is 0. The van der Waals surface area contributed by atoms with Gasteiger partial charge in [-0.15, -0.1) is 0 Å². The quantitative estimate of drug-likeness (QED) is 0.821. The number of carbonyl (C=O) groups is 1. The van der Waals surface area contributed by atoms with Crippen LogP contribution < -0.4 is 11.1 Å². The third-order valence-corrected chi connectivity index (χ3v) is 4.00. The maximum Gasteiger partial charge on any atom is 0.220 e. The molecular weight excluding hydrogens is 248 g/mol. The summed E-state index contributed by atoms with van der Waals surface area (Å²) < 4.78 is 0. The number of nitrogen functional groups attached to an aromatic ring is 1. The van der Waals surface area contributed by atoms with E-state index in [1.165, 1.54) is 11.1 Å². The second-order valence-electron chi connectivity index (χ2n) is 5.30. The van der Waals surface area contributed by atoms with E-state index in [-0.39, 0.29) is 11.8 Å². The topological polar surface area (TPSA) is 55.1 Å². The molecule has 0 spiro atoms. The van der Waals surface area contributed by atoms with Crippen LogP contribution in [0.2, 0.25) is 0 Å². The maximum absolute atomic E-state index is 11.8. The predicted molar refractivity (Wildman–Crippen MR) is 80.4 cm³/mol. The molecule has 2 unspecified atom stereocenters. The Morgan fingerprint density at radius 2 is 1.55 bits per heavy atom. The smallest absolute Gasteiger partial charge is 0.220 e. The molecule has 0 bridgehead atoms. The summed E-state index contributed by atoms with van der Waals surface area (Å²) >= 11 is 0. The van der Waals surface area contributed by atoms with Gasteiger partial charge in [-0.2, -0.15) is 0 Å². The van der Waals surface area contributed by atoms with Crippen molar-refractivity contribution < 1.29 is 4.79 Å². The van der Waals surface area contributed by atoms with Gasteiger partial charge < -0.3 is 11.1 Å². The van der Waals surface area contributed by atoms with Crippen LogP contribution in [0.5, 0.6) is 0 Å². The Hall–Kier alpha value is -2.29. The number of piperidine rings is 1. The normalized spacial score (nSPS) is 22.3. The second kappa shape index (κ2) is 5.37. The third-order valence-electron chi connectivity index (χ3n) is 4.00. The summed E-state index contributed by atoms with van der Waals surface area (Å²) in [6.45, 7) is 0.692. The van der Waals surface area contributed by atoms with E-state index in [4.69, 9.17) is 5.73 Å². The van der Waals surface area contributed by atoms with Gasteiger partial charge in [0.1, 0.15) is 0 Å². The Balaban J connectivity index is 1.95. The molecule has 1 saturated heterocycles. The van der Waals surface area contributed by atoms with Crippen molar-refractivity contribution in [3.63, 3.8) is 0 Å². The zero-order valence-corrected chi connectivity index (χ0v) is 11.3. The standard InChI is InChI=1S/C17H18N2O/c18-14-8-6-13(7-9-14)15-10-17(20)19-11-16(15)12-4-2-1-3-5-12/h1-9,15-16H,10-11,18H2,(H,19,20). The van der Waals surface area contributed by atoms with Gasteiger partial charge in [-0.05, 0) is 23.3 Å². The van der Waals surface area contributed by atoms with Crippen molar-refractivity contribution in [1.82, 2.24) is 5.32 Å². The first-order valence-corrected chi connectivity index (χ1v) is 6.91. The first-order valence-electron chi connectivity index (χ1n) is 6.91. The molecule has 1 aliphatic heterocycles. The van der Waals surface area contributed by atoms with Gasteiger partial charge in [-0.3, -0.25) is 4.79 Å². The Bertz CT molecular complexity index is 592. The van der Waals surface area contributed by atoms with E-state index in [0.717, 1.165) is 5.69 Å². The van der Waals surface area contributed by atoms with Crippen LogP contribution in [0.4, 0.5) is 5.69 Å². The van der Waals surface area contributed by atoms with Gasteiger partial charge in [-0.1, -0.05) is 42.5 Å². The second-order valence-corrected chi connectivity index (χ2v) is 5.30. The number of nitrogens with one attached hydrogen (secondary N) is 1. The first kappa shape index (κ1) is 12.7. The van der Waals surface area contributed by atoms with Crippen LogP contribution >= 0.6 is 0 Å². The number of hydrogen-bond acceptors (Lipinski definition) is 2. The van der Waals surface area contributed by atoms with E-state index in [0.29, 0.717) is 18.9 Å². The Morgan fingerprint density at radius 3 is 2.25 bits per heavy atom. The summed E-state index contributed by atoms with van der Waals surface area (Å²) in [6, 6.07) is 18.3. The fourth-order valence-corrected chi connectivity index (χ4v) is 2.92. The van der Waals surface area contributed by atoms with Gasteiger partial charge in [0.25, 0.3) is 0 Å². The van der Waals surface area contributed by atoms with Crippen molar-refractivity contribution >= 4 is 11.6 Å². The average molecular weight is 266 g/mol. The highest BCUT2D eigenvalue weighted by molar-refractivity contribution is 5.78. The van der Waals surface area contributed by atoms with Crippen molar-refractivity contribution in [3.8, 4) is 0 Å². The third kappa shape index (κ3) is 2.52. The number of hydrogen-bond donors (Lipinski definition) is 2. The fourth-order valence-electron chi connectivity index (χ4n) is 2.92. The van der Waals surface area contributed by atoms with Gasteiger partial charge in [0.15, 0.2) is 0 Å². The SMILES string of the molecule is Nc1ccc(C2CC(=O)NCC2c2ccccc2)cc1. The van der Waals surface area contributed by atoms with Crippen LogP contribution in [-0.4, -0.2) is 12.5 Å². The number of amides is 1. The predicted octanol–water partition coefficient (Wildman–Crippen LogP) is 2.66. The summed E-state index contributed by atoms with van der Waals surface area (Å²) in [5, 5.41) is 2.98. The molecule has 3 nitrogen and oxygen atoms in total. The molecule has 2 aromatic rings. The monoisotopic (exact) mass is 266 g/mol. The minimum Gasteiger partial charge on any atom is -0.399 e.